The van der Waals surface area contributed by atoms with Crippen molar-refractivity contribution >= 4 is 22.9 Å². The van der Waals surface area contributed by atoms with Crippen molar-refractivity contribution < 1.29 is 14.3 Å². The topological polar surface area (TPSA) is 122 Å². The molecule has 140 valence electrons. The molecule has 0 unspecified atom stereocenters. The average Bonchev–Trinajstić information content (AvgIpc) is 3.33. The number of rotatable bonds is 5. The molecule has 1 aliphatic carbocycles. The van der Waals surface area contributed by atoms with Crippen molar-refractivity contribution in [3.63, 3.8) is 0 Å². The van der Waals surface area contributed by atoms with Crippen LogP contribution in [0.2, 0.25) is 0 Å². The lowest BCUT2D eigenvalue weighted by Gasteiger charge is -2.16. The van der Waals surface area contributed by atoms with E-state index in [1.54, 1.807) is 25.3 Å². The zero-order valence-electron chi connectivity index (χ0n) is 14.7. The second-order valence-electron chi connectivity index (χ2n) is 6.39. The number of carbonyl (C=O) groups is 1. The second kappa shape index (κ2) is 7.10. The smallest absolute Gasteiger partial charge is 0.278 e. The van der Waals surface area contributed by atoms with Crippen LogP contribution < -0.4 is 20.3 Å². The molecule has 9 heteroatoms. The second-order valence-corrected chi connectivity index (χ2v) is 6.39. The summed E-state index contributed by atoms with van der Waals surface area (Å²) in [6.07, 6.45) is 5.83. The molecule has 1 amide bonds. The molecule has 0 radical (unpaired) electrons. The average molecular weight is 369 g/mol. The van der Waals surface area contributed by atoms with Gasteiger partial charge in [0.25, 0.3) is 11.5 Å². The van der Waals surface area contributed by atoms with Gasteiger partial charge in [0.05, 0.1) is 19.4 Å². The van der Waals surface area contributed by atoms with Gasteiger partial charge in [-0.2, -0.15) is 5.10 Å². The normalized spacial score (nSPS) is 14.4. The fraction of sp³-hybridized carbons (Fsp3) is 0.333. The molecule has 2 aromatic heterocycles. The zero-order chi connectivity index (χ0) is 18.8. The van der Waals surface area contributed by atoms with E-state index >= 15 is 0 Å². The minimum atomic E-state index is -0.417. The van der Waals surface area contributed by atoms with Gasteiger partial charge in [0.15, 0.2) is 11.5 Å². The van der Waals surface area contributed by atoms with E-state index in [0.717, 1.165) is 25.7 Å². The molecule has 27 heavy (non-hydrogen) atoms. The van der Waals surface area contributed by atoms with Crippen molar-refractivity contribution in [2.45, 2.75) is 31.8 Å². The van der Waals surface area contributed by atoms with Gasteiger partial charge in [-0.05, 0) is 43.9 Å². The summed E-state index contributed by atoms with van der Waals surface area (Å²) in [6.45, 7) is 0. The first-order chi connectivity index (χ1) is 13.1. The summed E-state index contributed by atoms with van der Waals surface area (Å²) in [5, 5.41) is 8.92. The maximum atomic E-state index is 12.6. The van der Waals surface area contributed by atoms with Gasteiger partial charge in [0.1, 0.15) is 11.0 Å². The summed E-state index contributed by atoms with van der Waals surface area (Å²) in [5.74, 6) is 0.737. The van der Waals surface area contributed by atoms with Crippen molar-refractivity contribution in [3.8, 4) is 11.5 Å². The first kappa shape index (κ1) is 17.1. The Hall–Kier alpha value is -3.36. The lowest BCUT2D eigenvalue weighted by molar-refractivity contribution is 0.102. The first-order valence-corrected chi connectivity index (χ1v) is 8.73. The van der Waals surface area contributed by atoms with Gasteiger partial charge in [-0.3, -0.25) is 25.0 Å². The van der Waals surface area contributed by atoms with Crippen molar-refractivity contribution in [2.75, 3.05) is 12.4 Å². The van der Waals surface area contributed by atoms with Crippen LogP contribution >= 0.6 is 0 Å². The predicted molar refractivity (Wildman–Crippen MR) is 98.3 cm³/mol. The molecule has 0 bridgehead atoms. The highest BCUT2D eigenvalue weighted by Crippen LogP contribution is 2.32. The number of hydrogen-bond donors (Lipinski definition) is 3. The van der Waals surface area contributed by atoms with Gasteiger partial charge in [0, 0.05) is 5.56 Å². The van der Waals surface area contributed by atoms with Crippen LogP contribution in [0.5, 0.6) is 11.5 Å². The summed E-state index contributed by atoms with van der Waals surface area (Å²) < 4.78 is 11.4. The fourth-order valence-corrected chi connectivity index (χ4v) is 3.18. The molecule has 0 saturated heterocycles. The molecule has 9 nitrogen and oxygen atoms in total. The van der Waals surface area contributed by atoms with Crippen LogP contribution in [0.4, 0.5) is 5.95 Å². The summed E-state index contributed by atoms with van der Waals surface area (Å²) in [5.41, 5.74) is 0.588. The largest absolute Gasteiger partial charge is 0.493 e. The number of aromatic amines is 2. The Bertz CT molecular complexity index is 1040. The molecule has 3 aromatic rings. The van der Waals surface area contributed by atoms with E-state index in [0.29, 0.717) is 22.6 Å². The van der Waals surface area contributed by atoms with E-state index in [2.05, 4.69) is 25.5 Å². The van der Waals surface area contributed by atoms with Crippen LogP contribution in [0.15, 0.2) is 29.2 Å². The number of H-pyrrole nitrogens is 2. The molecular formula is C18H19N5O4. The summed E-state index contributed by atoms with van der Waals surface area (Å²) in [6, 6.07) is 4.96. The third-order valence-electron chi connectivity index (χ3n) is 4.56. The van der Waals surface area contributed by atoms with E-state index in [-0.39, 0.29) is 17.6 Å². The number of aromatic nitrogens is 4. The highest BCUT2D eigenvalue weighted by molar-refractivity contribution is 6.04. The van der Waals surface area contributed by atoms with Crippen LogP contribution in [0.25, 0.3) is 11.0 Å². The molecule has 0 spiro atoms. The first-order valence-electron chi connectivity index (χ1n) is 8.73. The highest BCUT2D eigenvalue weighted by atomic mass is 16.5. The standard InChI is InChI=1S/C18H19N5O4/c1-26-13-7-6-10(8-14(13)27-11-4-2-3-5-11)16(24)21-18-20-12-9-19-23-15(12)17(25)22-18/h6-9,11H,2-5H2,1H3,(H,19,23)(H2,20,21,22,24,25). The Labute approximate surface area is 154 Å². The molecule has 0 aliphatic heterocycles. The molecule has 2 heterocycles. The van der Waals surface area contributed by atoms with E-state index in [9.17, 15) is 9.59 Å². The number of carbonyl (C=O) groups excluding carboxylic acids is 1. The number of anilines is 1. The molecule has 4 rings (SSSR count). The van der Waals surface area contributed by atoms with Crippen molar-refractivity contribution in [3.05, 3.63) is 40.3 Å². The van der Waals surface area contributed by atoms with Crippen molar-refractivity contribution in [2.24, 2.45) is 0 Å². The zero-order valence-corrected chi connectivity index (χ0v) is 14.7. The van der Waals surface area contributed by atoms with Crippen LogP contribution in [0, 0.1) is 0 Å². The number of ether oxygens (including phenoxy) is 2. The SMILES string of the molecule is COc1ccc(C(=O)Nc2nc3cn[nH]c3c(=O)[nH]2)cc1OC1CCCC1. The van der Waals surface area contributed by atoms with E-state index < -0.39 is 11.5 Å². The Kier molecular flexibility index (Phi) is 4.49. The van der Waals surface area contributed by atoms with Gasteiger partial charge in [-0.25, -0.2) is 4.98 Å². The Morgan fingerprint density at radius 2 is 2.07 bits per heavy atom. The predicted octanol–water partition coefficient (Wildman–Crippen LogP) is 2.23. The van der Waals surface area contributed by atoms with Crippen LogP contribution in [-0.4, -0.2) is 39.3 Å². The number of hydrogen-bond acceptors (Lipinski definition) is 6. The Morgan fingerprint density at radius 1 is 1.26 bits per heavy atom. The molecule has 0 atom stereocenters. The Balaban J connectivity index is 1.57. The third kappa shape index (κ3) is 3.48. The lowest BCUT2D eigenvalue weighted by Crippen LogP contribution is -2.19. The van der Waals surface area contributed by atoms with E-state index in [1.165, 1.54) is 6.20 Å². The quantitative estimate of drug-likeness (QED) is 0.634. The van der Waals surface area contributed by atoms with E-state index in [4.69, 9.17) is 9.47 Å². The van der Waals surface area contributed by atoms with Crippen molar-refractivity contribution in [1.29, 1.82) is 0 Å². The Morgan fingerprint density at radius 3 is 2.85 bits per heavy atom. The van der Waals surface area contributed by atoms with Gasteiger partial charge >= 0.3 is 0 Å². The van der Waals surface area contributed by atoms with Crippen LogP contribution in [-0.2, 0) is 0 Å². The molecule has 3 N–H and O–H groups in total. The van der Waals surface area contributed by atoms with Crippen LogP contribution in [0.3, 0.4) is 0 Å². The van der Waals surface area contributed by atoms with Gasteiger partial charge in [0.2, 0.25) is 5.95 Å². The van der Waals surface area contributed by atoms with E-state index in [1.807, 2.05) is 0 Å². The third-order valence-corrected chi connectivity index (χ3v) is 4.56. The monoisotopic (exact) mass is 369 g/mol. The molecular weight excluding hydrogens is 350 g/mol. The lowest BCUT2D eigenvalue weighted by atomic mass is 10.2. The fourth-order valence-electron chi connectivity index (χ4n) is 3.18. The summed E-state index contributed by atoms with van der Waals surface area (Å²) in [4.78, 5) is 31.2. The summed E-state index contributed by atoms with van der Waals surface area (Å²) in [7, 11) is 1.56. The number of benzene rings is 1. The van der Waals surface area contributed by atoms with Gasteiger partial charge in [-0.1, -0.05) is 0 Å². The molecule has 1 fully saturated rings. The molecule has 1 saturated carbocycles. The maximum Gasteiger partial charge on any atom is 0.278 e. The van der Waals surface area contributed by atoms with Crippen LogP contribution in [0.1, 0.15) is 36.0 Å². The highest BCUT2D eigenvalue weighted by Gasteiger charge is 2.20. The molecule has 1 aliphatic rings. The minimum Gasteiger partial charge on any atom is -0.493 e. The number of fused-ring (bicyclic) bond motifs is 1. The molecule has 1 aromatic carbocycles. The van der Waals surface area contributed by atoms with Gasteiger partial charge < -0.3 is 9.47 Å². The number of nitrogens with one attached hydrogen (secondary N) is 3. The van der Waals surface area contributed by atoms with Crippen molar-refractivity contribution in [1.82, 2.24) is 20.2 Å². The summed E-state index contributed by atoms with van der Waals surface area (Å²) >= 11 is 0. The van der Waals surface area contributed by atoms with Gasteiger partial charge in [-0.15, -0.1) is 0 Å². The number of nitrogens with zero attached hydrogens (tertiary/aromatic N) is 2. The minimum absolute atomic E-state index is 0.0491. The number of amides is 1. The maximum absolute atomic E-state index is 12.6. The number of methoxy groups -OCH3 is 1.